The van der Waals surface area contributed by atoms with Gasteiger partial charge in [-0.2, -0.15) is 0 Å². The molecule has 0 saturated heterocycles. The third-order valence-corrected chi connectivity index (χ3v) is 2.28. The van der Waals surface area contributed by atoms with Gasteiger partial charge in [0.1, 0.15) is 5.75 Å². The highest BCUT2D eigenvalue weighted by Crippen LogP contribution is 2.32. The second-order valence-corrected chi connectivity index (χ2v) is 3.72. The summed E-state index contributed by atoms with van der Waals surface area (Å²) in [5.41, 5.74) is 0.679. The van der Waals surface area contributed by atoms with Crippen molar-refractivity contribution in [3.05, 3.63) is 41.3 Å². The smallest absolute Gasteiger partial charge is 0.405 e. The monoisotopic (exact) mass is 272 g/mol. The number of para-hydroxylation sites is 1. The van der Waals surface area contributed by atoms with Crippen LogP contribution in [0, 0.1) is 4.77 Å². The molecule has 1 heterocycles. The summed E-state index contributed by atoms with van der Waals surface area (Å²) in [6.45, 7) is 0. The third kappa shape index (κ3) is 3.07. The minimum atomic E-state index is -4.74. The maximum absolute atomic E-state index is 12.3. The van der Waals surface area contributed by atoms with Gasteiger partial charge in [0.25, 0.3) is 0 Å². The lowest BCUT2D eigenvalue weighted by molar-refractivity contribution is -0.274. The van der Waals surface area contributed by atoms with Crippen molar-refractivity contribution in [2.45, 2.75) is 6.36 Å². The van der Waals surface area contributed by atoms with Crippen LogP contribution < -0.4 is 4.74 Å². The van der Waals surface area contributed by atoms with Crippen molar-refractivity contribution in [3.63, 3.8) is 0 Å². The predicted octanol–water partition coefficient (Wildman–Crippen LogP) is 3.70. The first kappa shape index (κ1) is 12.6. The van der Waals surface area contributed by atoms with E-state index in [-0.39, 0.29) is 16.1 Å². The zero-order valence-electron chi connectivity index (χ0n) is 8.86. The van der Waals surface area contributed by atoms with Crippen LogP contribution in [0.2, 0.25) is 0 Å². The first-order chi connectivity index (χ1) is 8.46. The van der Waals surface area contributed by atoms with Gasteiger partial charge in [-0.25, -0.2) is 4.98 Å². The summed E-state index contributed by atoms with van der Waals surface area (Å²) in [4.78, 5) is 6.47. The summed E-state index contributed by atoms with van der Waals surface area (Å²) < 4.78 is 40.9. The van der Waals surface area contributed by atoms with Crippen molar-refractivity contribution in [1.82, 2.24) is 9.97 Å². The van der Waals surface area contributed by atoms with Gasteiger partial charge in [0.2, 0.25) is 0 Å². The van der Waals surface area contributed by atoms with Gasteiger partial charge in [-0.3, -0.25) is 0 Å². The van der Waals surface area contributed by atoms with Crippen LogP contribution in [0.1, 0.15) is 0 Å². The Labute approximate surface area is 105 Å². The van der Waals surface area contributed by atoms with E-state index >= 15 is 0 Å². The summed E-state index contributed by atoms with van der Waals surface area (Å²) in [6.07, 6.45) is -3.32. The number of nitrogens with one attached hydrogen (secondary N) is 1. The van der Waals surface area contributed by atoms with Crippen LogP contribution in [0.15, 0.2) is 36.5 Å². The molecule has 0 spiro atoms. The van der Waals surface area contributed by atoms with Crippen molar-refractivity contribution in [2.24, 2.45) is 0 Å². The highest BCUT2D eigenvalue weighted by molar-refractivity contribution is 7.71. The zero-order chi connectivity index (χ0) is 13.2. The fourth-order valence-electron chi connectivity index (χ4n) is 1.43. The zero-order valence-corrected chi connectivity index (χ0v) is 9.68. The van der Waals surface area contributed by atoms with Crippen LogP contribution in [0.5, 0.6) is 5.75 Å². The number of alkyl halides is 3. The average molecular weight is 272 g/mol. The number of halogens is 3. The molecular weight excluding hydrogens is 265 g/mol. The highest BCUT2D eigenvalue weighted by Gasteiger charge is 2.32. The number of aromatic amines is 1. The number of hydrogen-bond acceptors (Lipinski definition) is 3. The quantitative estimate of drug-likeness (QED) is 0.847. The van der Waals surface area contributed by atoms with Gasteiger partial charge in [-0.05, 0) is 30.4 Å². The SMILES string of the molecule is FC(F)(F)Oc1ccccc1-c1ccnc(=S)[nH]1. The van der Waals surface area contributed by atoms with E-state index in [9.17, 15) is 13.2 Å². The number of hydrogen-bond donors (Lipinski definition) is 1. The summed E-state index contributed by atoms with van der Waals surface area (Å²) >= 11 is 4.82. The van der Waals surface area contributed by atoms with Crippen molar-refractivity contribution >= 4 is 12.2 Å². The van der Waals surface area contributed by atoms with Crippen LogP contribution in [0.3, 0.4) is 0 Å². The Hall–Kier alpha value is -1.89. The van der Waals surface area contributed by atoms with Crippen LogP contribution in [-0.4, -0.2) is 16.3 Å². The van der Waals surface area contributed by atoms with Gasteiger partial charge < -0.3 is 9.72 Å². The Morgan fingerprint density at radius 2 is 1.89 bits per heavy atom. The first-order valence-corrected chi connectivity index (χ1v) is 5.27. The van der Waals surface area contributed by atoms with Crippen LogP contribution >= 0.6 is 12.2 Å². The minimum absolute atomic E-state index is 0.189. The lowest BCUT2D eigenvalue weighted by atomic mass is 10.1. The average Bonchev–Trinajstić information content (AvgIpc) is 2.27. The fraction of sp³-hybridized carbons (Fsp3) is 0.0909. The topological polar surface area (TPSA) is 37.9 Å². The molecule has 0 amide bonds. The van der Waals surface area contributed by atoms with E-state index in [1.54, 1.807) is 6.07 Å². The van der Waals surface area contributed by atoms with Crippen molar-refractivity contribution in [1.29, 1.82) is 0 Å². The highest BCUT2D eigenvalue weighted by atomic mass is 32.1. The molecule has 0 aliphatic rings. The molecule has 94 valence electrons. The number of H-pyrrole nitrogens is 1. The van der Waals surface area contributed by atoms with E-state index in [0.29, 0.717) is 5.69 Å². The molecule has 0 atom stereocenters. The summed E-state index contributed by atoms with van der Waals surface area (Å²) in [5, 5.41) is 0. The molecule has 0 fully saturated rings. The van der Waals surface area contributed by atoms with Crippen molar-refractivity contribution in [3.8, 4) is 17.0 Å². The molecule has 7 heteroatoms. The minimum Gasteiger partial charge on any atom is -0.405 e. The fourth-order valence-corrected chi connectivity index (χ4v) is 1.60. The Kier molecular flexibility index (Phi) is 3.33. The van der Waals surface area contributed by atoms with Crippen LogP contribution in [0.25, 0.3) is 11.3 Å². The van der Waals surface area contributed by atoms with Gasteiger partial charge in [0.15, 0.2) is 4.77 Å². The number of rotatable bonds is 2. The van der Waals surface area contributed by atoms with Crippen LogP contribution in [0.4, 0.5) is 13.2 Å². The van der Waals surface area contributed by atoms with Gasteiger partial charge in [0, 0.05) is 11.8 Å². The maximum atomic E-state index is 12.3. The van der Waals surface area contributed by atoms with Crippen molar-refractivity contribution < 1.29 is 17.9 Å². The number of nitrogens with zero attached hydrogens (tertiary/aromatic N) is 1. The van der Waals surface area contributed by atoms with Gasteiger partial charge in [-0.15, -0.1) is 13.2 Å². The second kappa shape index (κ2) is 4.77. The van der Waals surface area contributed by atoms with E-state index in [0.717, 1.165) is 0 Å². The van der Waals surface area contributed by atoms with E-state index < -0.39 is 6.36 Å². The normalized spacial score (nSPS) is 11.3. The number of benzene rings is 1. The van der Waals surface area contributed by atoms with Crippen molar-refractivity contribution in [2.75, 3.05) is 0 Å². The van der Waals surface area contributed by atoms with Gasteiger partial charge in [-0.1, -0.05) is 12.1 Å². The Morgan fingerprint density at radius 1 is 1.17 bits per heavy atom. The van der Waals surface area contributed by atoms with E-state index in [2.05, 4.69) is 14.7 Å². The molecule has 1 aromatic heterocycles. The maximum Gasteiger partial charge on any atom is 0.573 e. The molecule has 1 aromatic carbocycles. The lowest BCUT2D eigenvalue weighted by Gasteiger charge is -2.12. The largest absolute Gasteiger partial charge is 0.573 e. The molecule has 2 rings (SSSR count). The first-order valence-electron chi connectivity index (χ1n) is 4.86. The summed E-state index contributed by atoms with van der Waals surface area (Å²) in [7, 11) is 0. The standard InChI is InChI=1S/C11H7F3N2OS/c12-11(13,14)17-9-4-2-1-3-7(9)8-5-6-15-10(18)16-8/h1-6H,(H,15,16,18). The van der Waals surface area contributed by atoms with Crippen LogP contribution in [-0.2, 0) is 0 Å². The molecule has 0 bridgehead atoms. The van der Waals surface area contributed by atoms with Gasteiger partial charge in [0.05, 0.1) is 5.69 Å². The van der Waals surface area contributed by atoms with E-state index in [1.165, 1.54) is 30.5 Å². The Morgan fingerprint density at radius 3 is 2.56 bits per heavy atom. The van der Waals surface area contributed by atoms with E-state index in [1.807, 2.05) is 0 Å². The molecule has 0 aliphatic carbocycles. The number of ether oxygens (including phenoxy) is 1. The molecule has 0 unspecified atom stereocenters. The van der Waals surface area contributed by atoms with E-state index in [4.69, 9.17) is 12.2 Å². The lowest BCUT2D eigenvalue weighted by Crippen LogP contribution is -2.17. The molecule has 3 nitrogen and oxygen atoms in total. The summed E-state index contributed by atoms with van der Waals surface area (Å²) in [6, 6.07) is 7.33. The summed E-state index contributed by atoms with van der Waals surface area (Å²) in [5.74, 6) is -0.290. The Balaban J connectivity index is 2.48. The second-order valence-electron chi connectivity index (χ2n) is 3.33. The Bertz CT molecular complexity index is 609. The number of aromatic nitrogens is 2. The third-order valence-electron chi connectivity index (χ3n) is 2.08. The molecule has 0 aliphatic heterocycles. The molecule has 0 radical (unpaired) electrons. The molecule has 18 heavy (non-hydrogen) atoms. The predicted molar refractivity (Wildman–Crippen MR) is 61.5 cm³/mol. The molecule has 2 aromatic rings. The molecule has 1 N–H and O–H groups in total. The molecule has 0 saturated carbocycles. The molecular formula is C11H7F3N2OS. The van der Waals surface area contributed by atoms with Gasteiger partial charge >= 0.3 is 6.36 Å².